The number of nitrogens with one attached hydrogen (secondary N) is 1. The first-order chi connectivity index (χ1) is 15.0. The summed E-state index contributed by atoms with van der Waals surface area (Å²) in [6, 6.07) is 7.30. The van der Waals surface area contributed by atoms with Gasteiger partial charge in [0.2, 0.25) is 0 Å². The van der Waals surface area contributed by atoms with E-state index < -0.39 is 6.09 Å². The molecule has 1 atom stereocenters. The summed E-state index contributed by atoms with van der Waals surface area (Å²) in [6.07, 6.45) is -0.348. The number of anilines is 1. The molecule has 2 heterocycles. The Kier molecular flexibility index (Phi) is 7.27. The number of halogens is 1. The zero-order chi connectivity index (χ0) is 22.4. The molecule has 1 saturated heterocycles. The van der Waals surface area contributed by atoms with Crippen molar-refractivity contribution in [1.82, 2.24) is 14.7 Å². The molecule has 1 aliphatic heterocycles. The SMILES string of the molecule is COc1cc(C#Cc2nn([C@H]3CCN(C(=O)O)C3)c(NCCBr)c2C#N)cc(OC)c1. The molecule has 1 aromatic carbocycles. The van der Waals surface area contributed by atoms with Crippen LogP contribution in [0, 0.1) is 23.2 Å². The van der Waals surface area contributed by atoms with Crippen molar-refractivity contribution in [2.45, 2.75) is 12.5 Å². The molecule has 0 spiro atoms. The topological polar surface area (TPSA) is 113 Å². The third-order valence-electron chi connectivity index (χ3n) is 4.87. The van der Waals surface area contributed by atoms with Crippen LogP contribution in [0.1, 0.15) is 29.3 Å². The van der Waals surface area contributed by atoms with Gasteiger partial charge in [-0.05, 0) is 24.5 Å². The largest absolute Gasteiger partial charge is 0.497 e. The molecular formula is C21H22BrN5O4. The number of alkyl halides is 1. The highest BCUT2D eigenvalue weighted by Crippen LogP contribution is 2.29. The second-order valence-corrected chi connectivity index (χ2v) is 7.56. The third-order valence-corrected chi connectivity index (χ3v) is 5.26. The predicted octanol–water partition coefficient (Wildman–Crippen LogP) is 2.90. The van der Waals surface area contributed by atoms with Crippen molar-refractivity contribution < 1.29 is 19.4 Å². The zero-order valence-electron chi connectivity index (χ0n) is 17.2. The van der Waals surface area contributed by atoms with Gasteiger partial charge >= 0.3 is 6.09 Å². The fraction of sp³-hybridized carbons (Fsp3) is 0.381. The first kappa shape index (κ1) is 22.3. The van der Waals surface area contributed by atoms with E-state index in [0.717, 1.165) is 0 Å². The Balaban J connectivity index is 2.00. The van der Waals surface area contributed by atoms with Crippen LogP contribution < -0.4 is 14.8 Å². The highest BCUT2D eigenvalue weighted by Gasteiger charge is 2.31. The lowest BCUT2D eigenvalue weighted by molar-refractivity contribution is 0.154. The lowest BCUT2D eigenvalue weighted by Gasteiger charge is -2.16. The first-order valence-electron chi connectivity index (χ1n) is 9.56. The lowest BCUT2D eigenvalue weighted by Crippen LogP contribution is -2.27. The molecule has 162 valence electrons. The van der Waals surface area contributed by atoms with Gasteiger partial charge in [-0.1, -0.05) is 21.9 Å². The highest BCUT2D eigenvalue weighted by atomic mass is 79.9. The van der Waals surface area contributed by atoms with Gasteiger partial charge in [-0.25, -0.2) is 9.48 Å². The van der Waals surface area contributed by atoms with Crippen LogP contribution >= 0.6 is 15.9 Å². The van der Waals surface area contributed by atoms with Crippen LogP contribution in [0.3, 0.4) is 0 Å². The maximum Gasteiger partial charge on any atom is 0.407 e. The normalized spacial score (nSPS) is 15.0. The van der Waals surface area contributed by atoms with Crippen LogP contribution in [0.15, 0.2) is 18.2 Å². The smallest absolute Gasteiger partial charge is 0.407 e. The summed E-state index contributed by atoms with van der Waals surface area (Å²) in [5, 5.41) is 27.5. The van der Waals surface area contributed by atoms with Gasteiger partial charge in [-0.3, -0.25) is 0 Å². The number of likely N-dealkylation sites (tertiary alicyclic amines) is 1. The second-order valence-electron chi connectivity index (χ2n) is 6.77. The average molecular weight is 488 g/mol. The molecule has 1 aliphatic rings. The molecular weight excluding hydrogens is 466 g/mol. The van der Waals surface area contributed by atoms with E-state index in [2.05, 4.69) is 44.3 Å². The molecule has 0 radical (unpaired) electrons. The van der Waals surface area contributed by atoms with Crippen molar-refractivity contribution in [2.24, 2.45) is 0 Å². The van der Waals surface area contributed by atoms with E-state index in [0.29, 0.717) is 65.5 Å². The fourth-order valence-corrected chi connectivity index (χ4v) is 3.55. The van der Waals surface area contributed by atoms with E-state index in [1.165, 1.54) is 4.90 Å². The van der Waals surface area contributed by atoms with Crippen molar-refractivity contribution in [1.29, 1.82) is 5.26 Å². The Labute approximate surface area is 188 Å². The summed E-state index contributed by atoms with van der Waals surface area (Å²) in [7, 11) is 3.12. The van der Waals surface area contributed by atoms with Gasteiger partial charge in [0.15, 0.2) is 5.69 Å². The van der Waals surface area contributed by atoms with E-state index in [1.807, 2.05) is 0 Å². The molecule has 1 aromatic heterocycles. The molecule has 10 heteroatoms. The van der Waals surface area contributed by atoms with Gasteiger partial charge in [-0.2, -0.15) is 10.4 Å². The summed E-state index contributed by atoms with van der Waals surface area (Å²) in [5.74, 6) is 7.76. The summed E-state index contributed by atoms with van der Waals surface area (Å²) >= 11 is 3.37. The maximum atomic E-state index is 11.3. The van der Waals surface area contributed by atoms with Crippen molar-refractivity contribution in [2.75, 3.05) is 44.5 Å². The average Bonchev–Trinajstić information content (AvgIpc) is 3.40. The molecule has 31 heavy (non-hydrogen) atoms. The Morgan fingerprint density at radius 2 is 2.03 bits per heavy atom. The molecule has 2 aromatic rings. The number of ether oxygens (including phenoxy) is 2. The Bertz CT molecular complexity index is 1040. The third kappa shape index (κ3) is 5.04. The summed E-state index contributed by atoms with van der Waals surface area (Å²) < 4.78 is 12.2. The number of carboxylic acid groups (broad SMARTS) is 1. The minimum atomic E-state index is -0.961. The second kappa shape index (κ2) is 10.1. The predicted molar refractivity (Wildman–Crippen MR) is 118 cm³/mol. The first-order valence-corrected chi connectivity index (χ1v) is 10.7. The fourth-order valence-electron chi connectivity index (χ4n) is 3.35. The van der Waals surface area contributed by atoms with Crippen molar-refractivity contribution in [3.63, 3.8) is 0 Å². The zero-order valence-corrected chi connectivity index (χ0v) is 18.8. The summed E-state index contributed by atoms with van der Waals surface area (Å²) in [5.41, 5.74) is 1.31. The van der Waals surface area contributed by atoms with E-state index in [4.69, 9.17) is 9.47 Å². The van der Waals surface area contributed by atoms with Crippen LogP contribution in [-0.4, -0.2) is 65.1 Å². The van der Waals surface area contributed by atoms with Gasteiger partial charge < -0.3 is 24.8 Å². The number of aromatic nitrogens is 2. The molecule has 9 nitrogen and oxygen atoms in total. The van der Waals surface area contributed by atoms with Gasteiger partial charge in [0, 0.05) is 36.6 Å². The van der Waals surface area contributed by atoms with Gasteiger partial charge in [0.25, 0.3) is 0 Å². The number of benzene rings is 1. The minimum Gasteiger partial charge on any atom is -0.497 e. The van der Waals surface area contributed by atoms with E-state index in [1.54, 1.807) is 37.1 Å². The van der Waals surface area contributed by atoms with E-state index >= 15 is 0 Å². The van der Waals surface area contributed by atoms with Crippen LogP contribution in [0.4, 0.5) is 10.6 Å². The van der Waals surface area contributed by atoms with Crippen molar-refractivity contribution >= 4 is 27.8 Å². The summed E-state index contributed by atoms with van der Waals surface area (Å²) in [4.78, 5) is 12.7. The Hall–Kier alpha value is -3.37. The molecule has 3 rings (SSSR count). The molecule has 1 amide bonds. The van der Waals surface area contributed by atoms with Crippen molar-refractivity contribution in [3.05, 3.63) is 35.0 Å². The van der Waals surface area contributed by atoms with Gasteiger partial charge in [0.05, 0.1) is 20.3 Å². The maximum absolute atomic E-state index is 11.3. The lowest BCUT2D eigenvalue weighted by atomic mass is 10.2. The standard InChI is InChI=1S/C21H22BrN5O4/c1-30-16-9-14(10-17(11-16)31-2)3-4-19-18(12-23)20(24-7-6-22)27(25-19)15-5-8-26(13-15)21(28)29/h9-11,15,24H,5-8,13H2,1-2H3,(H,28,29)/t15-/m0/s1. The van der Waals surface area contributed by atoms with Crippen LogP contribution in [-0.2, 0) is 0 Å². The number of hydrogen-bond donors (Lipinski definition) is 2. The molecule has 0 aliphatic carbocycles. The molecule has 0 bridgehead atoms. The quantitative estimate of drug-likeness (QED) is 0.475. The Morgan fingerprint density at radius 3 is 2.58 bits per heavy atom. The number of nitrogens with zero attached hydrogens (tertiary/aromatic N) is 4. The monoisotopic (exact) mass is 487 g/mol. The summed E-state index contributed by atoms with van der Waals surface area (Å²) in [6.45, 7) is 1.31. The minimum absolute atomic E-state index is 0.173. The van der Waals surface area contributed by atoms with Crippen LogP contribution in [0.25, 0.3) is 0 Å². The number of hydrogen-bond acceptors (Lipinski definition) is 6. The number of carbonyl (C=O) groups is 1. The molecule has 0 saturated carbocycles. The van der Waals surface area contributed by atoms with Crippen LogP contribution in [0.2, 0.25) is 0 Å². The molecule has 0 unspecified atom stereocenters. The molecule has 1 fully saturated rings. The molecule has 2 N–H and O–H groups in total. The van der Waals surface area contributed by atoms with Gasteiger partial charge in [-0.15, -0.1) is 0 Å². The van der Waals surface area contributed by atoms with Gasteiger partial charge in [0.1, 0.15) is 28.9 Å². The number of amides is 1. The number of methoxy groups -OCH3 is 2. The van der Waals surface area contributed by atoms with E-state index in [9.17, 15) is 15.2 Å². The van der Waals surface area contributed by atoms with E-state index in [-0.39, 0.29) is 6.04 Å². The van der Waals surface area contributed by atoms with Crippen molar-refractivity contribution in [3.8, 4) is 29.4 Å². The highest BCUT2D eigenvalue weighted by molar-refractivity contribution is 9.09. The Morgan fingerprint density at radius 1 is 1.32 bits per heavy atom. The number of nitriles is 1. The van der Waals surface area contributed by atoms with Crippen LogP contribution in [0.5, 0.6) is 11.5 Å². The number of rotatable bonds is 6.